The van der Waals surface area contributed by atoms with Crippen LogP contribution in [0, 0.1) is 10.1 Å². The summed E-state index contributed by atoms with van der Waals surface area (Å²) >= 11 is 0. The van der Waals surface area contributed by atoms with Crippen LogP contribution in [0.2, 0.25) is 0 Å². The van der Waals surface area contributed by atoms with Crippen molar-refractivity contribution < 1.29 is 28.8 Å². The Morgan fingerprint density at radius 1 is 1.36 bits per heavy atom. The molecule has 1 aromatic carbocycles. The molecule has 0 spiro atoms. The van der Waals surface area contributed by atoms with Gasteiger partial charge in [0.25, 0.3) is 5.69 Å². The second-order valence-electron chi connectivity index (χ2n) is 6.41. The lowest BCUT2D eigenvalue weighted by Gasteiger charge is -2.37. The van der Waals surface area contributed by atoms with Crippen molar-refractivity contribution in [2.75, 3.05) is 6.73 Å². The van der Waals surface area contributed by atoms with Gasteiger partial charge in [-0.3, -0.25) is 19.8 Å². The first-order chi connectivity index (χ1) is 13.1. The molecule has 0 saturated heterocycles. The van der Waals surface area contributed by atoms with Crippen molar-refractivity contribution in [3.8, 4) is 0 Å². The number of urea groups is 1. The van der Waals surface area contributed by atoms with Gasteiger partial charge in [-0.15, -0.1) is 0 Å². The van der Waals surface area contributed by atoms with E-state index < -0.39 is 41.8 Å². The highest BCUT2D eigenvalue weighted by Gasteiger charge is 2.39. The number of nitrogens with zero attached hydrogens (tertiary/aromatic N) is 2. The molecule has 1 aromatic rings. The molecule has 0 aliphatic carbocycles. The van der Waals surface area contributed by atoms with E-state index in [2.05, 4.69) is 5.32 Å². The number of benzene rings is 1. The molecule has 0 bridgehead atoms. The van der Waals surface area contributed by atoms with Crippen LogP contribution in [0.5, 0.6) is 0 Å². The average Bonchev–Trinajstić information content (AvgIpc) is 2.59. The topological polar surface area (TPSA) is 128 Å². The van der Waals surface area contributed by atoms with Gasteiger partial charge in [0.15, 0.2) is 6.73 Å². The molecule has 28 heavy (non-hydrogen) atoms. The number of hydrogen-bond acceptors (Lipinski definition) is 7. The third-order valence-corrected chi connectivity index (χ3v) is 3.91. The number of carbonyl (C=O) groups is 3. The van der Waals surface area contributed by atoms with E-state index in [4.69, 9.17) is 9.47 Å². The van der Waals surface area contributed by atoms with Gasteiger partial charge in [0.2, 0.25) is 0 Å². The van der Waals surface area contributed by atoms with E-state index in [1.54, 1.807) is 19.9 Å². The summed E-state index contributed by atoms with van der Waals surface area (Å²) in [5.41, 5.74) is 0.462. The van der Waals surface area contributed by atoms with Crippen molar-refractivity contribution in [1.82, 2.24) is 10.2 Å². The minimum atomic E-state index is -1.03. The molecular formula is C18H21N3O7. The fourth-order valence-electron chi connectivity index (χ4n) is 2.77. The molecule has 10 heteroatoms. The van der Waals surface area contributed by atoms with Gasteiger partial charge >= 0.3 is 18.0 Å². The smallest absolute Gasteiger partial charge is 0.338 e. The Labute approximate surface area is 161 Å². The molecule has 1 aliphatic rings. The van der Waals surface area contributed by atoms with E-state index in [1.165, 1.54) is 32.0 Å². The van der Waals surface area contributed by atoms with Crippen LogP contribution in [0.4, 0.5) is 10.5 Å². The number of esters is 2. The summed E-state index contributed by atoms with van der Waals surface area (Å²) in [6.45, 7) is 5.62. The zero-order chi connectivity index (χ0) is 21.0. The molecule has 1 aliphatic heterocycles. The molecular weight excluding hydrogens is 370 g/mol. The monoisotopic (exact) mass is 391 g/mol. The Kier molecular flexibility index (Phi) is 6.34. The second kappa shape index (κ2) is 8.51. The number of nitro benzene ring substituents is 1. The predicted molar refractivity (Wildman–Crippen MR) is 96.8 cm³/mol. The van der Waals surface area contributed by atoms with Gasteiger partial charge in [0, 0.05) is 24.8 Å². The zero-order valence-electron chi connectivity index (χ0n) is 15.9. The summed E-state index contributed by atoms with van der Waals surface area (Å²) in [6, 6.07) is 3.92. The second-order valence-corrected chi connectivity index (χ2v) is 6.41. The number of ether oxygens (including phenoxy) is 2. The van der Waals surface area contributed by atoms with Crippen molar-refractivity contribution in [1.29, 1.82) is 0 Å². The van der Waals surface area contributed by atoms with Crippen LogP contribution in [0.15, 0.2) is 35.5 Å². The zero-order valence-corrected chi connectivity index (χ0v) is 15.9. The van der Waals surface area contributed by atoms with Crippen molar-refractivity contribution in [2.24, 2.45) is 0 Å². The number of hydrogen-bond donors (Lipinski definition) is 1. The summed E-state index contributed by atoms with van der Waals surface area (Å²) in [4.78, 5) is 48.1. The average molecular weight is 391 g/mol. The van der Waals surface area contributed by atoms with Gasteiger partial charge in [0.1, 0.15) is 0 Å². The number of nitro groups is 1. The summed E-state index contributed by atoms with van der Waals surface area (Å²) in [5.74, 6) is -1.31. The SMILES string of the molecule is CC(=O)OCN1C(=O)NC(C)=C(C(=O)OC(C)C)[C@@H]1c1cccc([N+](=O)[O-])c1. The van der Waals surface area contributed by atoms with E-state index in [0.717, 1.165) is 4.90 Å². The van der Waals surface area contributed by atoms with E-state index in [-0.39, 0.29) is 17.0 Å². The highest BCUT2D eigenvalue weighted by atomic mass is 16.6. The molecule has 0 fully saturated rings. The molecule has 0 saturated carbocycles. The van der Waals surface area contributed by atoms with Gasteiger partial charge in [-0.2, -0.15) is 0 Å². The first-order valence-corrected chi connectivity index (χ1v) is 8.49. The minimum absolute atomic E-state index is 0.0981. The lowest BCUT2D eigenvalue weighted by Crippen LogP contribution is -2.49. The molecule has 2 amide bonds. The maximum Gasteiger partial charge on any atom is 0.338 e. The van der Waals surface area contributed by atoms with Crippen molar-refractivity contribution in [3.05, 3.63) is 51.2 Å². The van der Waals surface area contributed by atoms with Crippen LogP contribution in [0.3, 0.4) is 0 Å². The molecule has 1 atom stereocenters. The van der Waals surface area contributed by atoms with Crippen LogP contribution in [-0.2, 0) is 19.1 Å². The Balaban J connectivity index is 2.59. The van der Waals surface area contributed by atoms with Crippen LogP contribution in [0.25, 0.3) is 0 Å². The minimum Gasteiger partial charge on any atom is -0.459 e. The Bertz CT molecular complexity index is 847. The number of allylic oxidation sites excluding steroid dienone is 1. The summed E-state index contributed by atoms with van der Waals surface area (Å²) < 4.78 is 10.2. The van der Waals surface area contributed by atoms with Gasteiger partial charge in [-0.05, 0) is 26.3 Å². The summed E-state index contributed by atoms with van der Waals surface area (Å²) in [7, 11) is 0. The molecule has 0 unspecified atom stereocenters. The van der Waals surface area contributed by atoms with E-state index >= 15 is 0 Å². The first kappa shape index (κ1) is 20.9. The van der Waals surface area contributed by atoms with Crippen molar-refractivity contribution in [2.45, 2.75) is 39.8 Å². The quantitative estimate of drug-likeness (QED) is 0.448. The largest absolute Gasteiger partial charge is 0.459 e. The van der Waals surface area contributed by atoms with Crippen molar-refractivity contribution >= 4 is 23.7 Å². The Morgan fingerprint density at radius 3 is 2.61 bits per heavy atom. The Hall–Kier alpha value is -3.43. The molecule has 0 radical (unpaired) electrons. The van der Waals surface area contributed by atoms with E-state index in [0.29, 0.717) is 5.56 Å². The number of carbonyl (C=O) groups excluding carboxylic acids is 3. The molecule has 10 nitrogen and oxygen atoms in total. The van der Waals surface area contributed by atoms with Crippen molar-refractivity contribution in [3.63, 3.8) is 0 Å². The fourth-order valence-corrected chi connectivity index (χ4v) is 2.77. The lowest BCUT2D eigenvalue weighted by molar-refractivity contribution is -0.384. The predicted octanol–water partition coefficient (Wildman–Crippen LogP) is 2.41. The molecule has 2 rings (SSSR count). The highest BCUT2D eigenvalue weighted by molar-refractivity contribution is 5.95. The third-order valence-electron chi connectivity index (χ3n) is 3.91. The van der Waals surface area contributed by atoms with Crippen LogP contribution in [-0.4, -0.2) is 40.6 Å². The number of rotatable bonds is 6. The molecule has 150 valence electrons. The third kappa shape index (κ3) is 4.64. The van der Waals surface area contributed by atoms with E-state index in [9.17, 15) is 24.5 Å². The Morgan fingerprint density at radius 2 is 2.04 bits per heavy atom. The normalized spacial score (nSPS) is 16.7. The standard InChI is InChI=1S/C18H21N3O7/c1-10(2)28-17(23)15-11(3)19-18(24)20(9-27-12(4)22)16(15)13-6-5-7-14(8-13)21(25)26/h5-8,10,16H,9H2,1-4H3,(H,19,24)/t16-/m0/s1. The van der Waals surface area contributed by atoms with Gasteiger partial charge in [-0.1, -0.05) is 12.1 Å². The highest BCUT2D eigenvalue weighted by Crippen LogP contribution is 2.35. The van der Waals surface area contributed by atoms with Gasteiger partial charge in [0.05, 0.1) is 22.6 Å². The number of nitrogens with one attached hydrogen (secondary N) is 1. The first-order valence-electron chi connectivity index (χ1n) is 8.49. The molecule has 1 heterocycles. The molecule has 0 aromatic heterocycles. The molecule has 1 N–H and O–H groups in total. The van der Waals surface area contributed by atoms with E-state index in [1.807, 2.05) is 0 Å². The van der Waals surface area contributed by atoms with Crippen LogP contribution < -0.4 is 5.32 Å². The summed E-state index contributed by atoms with van der Waals surface area (Å²) in [6.07, 6.45) is -0.418. The number of amides is 2. The maximum atomic E-state index is 12.7. The van der Waals surface area contributed by atoms with Crippen LogP contribution >= 0.6 is 0 Å². The number of non-ortho nitro benzene ring substituents is 1. The lowest BCUT2D eigenvalue weighted by atomic mass is 9.94. The van der Waals surface area contributed by atoms with Gasteiger partial charge < -0.3 is 14.8 Å². The summed E-state index contributed by atoms with van der Waals surface area (Å²) in [5, 5.41) is 13.7. The van der Waals surface area contributed by atoms with Crippen LogP contribution in [0.1, 0.15) is 39.3 Å². The maximum absolute atomic E-state index is 12.7. The van der Waals surface area contributed by atoms with Gasteiger partial charge in [-0.25, -0.2) is 9.59 Å². The fraction of sp³-hybridized carbons (Fsp3) is 0.389.